The summed E-state index contributed by atoms with van der Waals surface area (Å²) in [5.41, 5.74) is 0.285. The van der Waals surface area contributed by atoms with E-state index in [-0.39, 0.29) is 5.41 Å². The molecule has 1 saturated carbocycles. The van der Waals surface area contributed by atoms with Crippen LogP contribution in [0.5, 0.6) is 0 Å². The molecule has 1 aliphatic heterocycles. The summed E-state index contributed by atoms with van der Waals surface area (Å²) in [5.74, 6) is 0.811. The maximum absolute atomic E-state index is 6.03. The largest absolute Gasteiger partial charge is 0.377 e. The summed E-state index contributed by atoms with van der Waals surface area (Å²) in [4.78, 5) is 4.46. The third-order valence-corrected chi connectivity index (χ3v) is 4.85. The molecule has 2 unspecified atom stereocenters. The lowest BCUT2D eigenvalue weighted by molar-refractivity contribution is 0.0314. The number of hydrogen-bond acceptors (Lipinski definition) is 4. The summed E-state index contributed by atoms with van der Waals surface area (Å²) in [5, 5.41) is 6.71. The summed E-state index contributed by atoms with van der Waals surface area (Å²) in [6.07, 6.45) is 7.33. The Bertz CT molecular complexity index is 364. The Morgan fingerprint density at radius 1 is 1.59 bits per heavy atom. The number of hydrogen-bond donors (Lipinski definition) is 1. The van der Waals surface area contributed by atoms with Gasteiger partial charge in [0.2, 0.25) is 0 Å². The van der Waals surface area contributed by atoms with E-state index >= 15 is 0 Å². The fraction of sp³-hybridized carbons (Fsp3) is 0.769. The first kappa shape index (κ1) is 11.6. The third kappa shape index (κ3) is 2.26. The number of ether oxygens (including phenoxy) is 1. The van der Waals surface area contributed by atoms with E-state index in [4.69, 9.17) is 4.74 Å². The molecule has 2 aliphatic rings. The molecule has 1 saturated heterocycles. The molecule has 1 aromatic heterocycles. The smallest absolute Gasteiger partial charge is 0.0931 e. The average Bonchev–Trinajstić information content (AvgIpc) is 2.88. The van der Waals surface area contributed by atoms with Crippen LogP contribution in [-0.4, -0.2) is 31.3 Å². The van der Waals surface area contributed by atoms with Crippen molar-refractivity contribution < 1.29 is 4.74 Å². The second-order valence-electron chi connectivity index (χ2n) is 5.37. The van der Waals surface area contributed by atoms with Gasteiger partial charge in [-0.05, 0) is 32.2 Å². The van der Waals surface area contributed by atoms with Crippen LogP contribution in [0, 0.1) is 11.3 Å². The predicted molar refractivity (Wildman–Crippen MR) is 69.3 cm³/mol. The normalized spacial score (nSPS) is 33.1. The van der Waals surface area contributed by atoms with E-state index in [0.29, 0.717) is 6.10 Å². The van der Waals surface area contributed by atoms with Gasteiger partial charge in [0.05, 0.1) is 11.1 Å². The summed E-state index contributed by atoms with van der Waals surface area (Å²) < 4.78 is 6.03. The Labute approximate surface area is 107 Å². The molecule has 0 spiro atoms. The van der Waals surface area contributed by atoms with E-state index in [9.17, 15) is 0 Å². The van der Waals surface area contributed by atoms with Crippen molar-refractivity contribution in [3.63, 3.8) is 0 Å². The highest BCUT2D eigenvalue weighted by atomic mass is 32.1. The van der Waals surface area contributed by atoms with Crippen molar-refractivity contribution in [2.75, 3.05) is 20.2 Å². The minimum absolute atomic E-state index is 0.285. The molecular weight excluding hydrogens is 232 g/mol. The zero-order chi connectivity index (χ0) is 11.7. The van der Waals surface area contributed by atoms with Gasteiger partial charge >= 0.3 is 0 Å². The lowest BCUT2D eigenvalue weighted by Gasteiger charge is -2.33. The molecule has 2 heterocycles. The molecule has 2 fully saturated rings. The number of nitrogens with one attached hydrogen (secondary N) is 1. The topological polar surface area (TPSA) is 34.2 Å². The van der Waals surface area contributed by atoms with Crippen LogP contribution in [0.3, 0.4) is 0 Å². The van der Waals surface area contributed by atoms with E-state index in [1.54, 1.807) is 11.3 Å². The molecule has 4 heteroatoms. The first-order valence-corrected chi connectivity index (χ1v) is 7.37. The molecule has 17 heavy (non-hydrogen) atoms. The Hall–Kier alpha value is -0.450. The summed E-state index contributed by atoms with van der Waals surface area (Å²) in [6.45, 7) is 1.97. The van der Waals surface area contributed by atoms with Crippen LogP contribution in [0.2, 0.25) is 0 Å². The first-order chi connectivity index (χ1) is 8.34. The Kier molecular flexibility index (Phi) is 3.19. The van der Waals surface area contributed by atoms with E-state index in [2.05, 4.69) is 15.7 Å². The van der Waals surface area contributed by atoms with Gasteiger partial charge < -0.3 is 10.1 Å². The highest BCUT2D eigenvalue weighted by molar-refractivity contribution is 7.09. The van der Waals surface area contributed by atoms with Crippen molar-refractivity contribution in [2.45, 2.75) is 31.8 Å². The van der Waals surface area contributed by atoms with Crippen molar-refractivity contribution in [3.05, 3.63) is 16.6 Å². The molecule has 0 bridgehead atoms. The number of thiazole rings is 1. The summed E-state index contributed by atoms with van der Waals surface area (Å²) >= 11 is 1.77. The van der Waals surface area contributed by atoms with Crippen LogP contribution in [0.1, 0.15) is 24.3 Å². The molecule has 2 atom stereocenters. The maximum Gasteiger partial charge on any atom is 0.0931 e. The van der Waals surface area contributed by atoms with Gasteiger partial charge in [-0.15, -0.1) is 11.3 Å². The minimum Gasteiger partial charge on any atom is -0.377 e. The van der Waals surface area contributed by atoms with Gasteiger partial charge in [0.25, 0.3) is 0 Å². The third-order valence-electron chi connectivity index (χ3n) is 4.07. The molecule has 0 aromatic carbocycles. The quantitative estimate of drug-likeness (QED) is 0.871. The molecule has 3 nitrogen and oxygen atoms in total. The van der Waals surface area contributed by atoms with Gasteiger partial charge in [-0.1, -0.05) is 0 Å². The fourth-order valence-corrected chi connectivity index (χ4v) is 3.95. The molecular formula is C13H20N2OS. The molecule has 1 N–H and O–H groups in total. The van der Waals surface area contributed by atoms with Gasteiger partial charge in [0.15, 0.2) is 0 Å². The van der Waals surface area contributed by atoms with E-state index < -0.39 is 0 Å². The second kappa shape index (κ2) is 4.67. The van der Waals surface area contributed by atoms with Crippen LogP contribution in [0.25, 0.3) is 0 Å². The average molecular weight is 252 g/mol. The van der Waals surface area contributed by atoms with Crippen molar-refractivity contribution in [2.24, 2.45) is 11.3 Å². The summed E-state index contributed by atoms with van der Waals surface area (Å²) in [7, 11) is 2.05. The van der Waals surface area contributed by atoms with Gasteiger partial charge in [-0.2, -0.15) is 0 Å². The Balaban J connectivity index is 1.80. The predicted octanol–water partition coefficient (Wildman–Crippen LogP) is 2.09. The lowest BCUT2D eigenvalue weighted by atomic mass is 9.76. The Morgan fingerprint density at radius 3 is 3.12 bits per heavy atom. The lowest BCUT2D eigenvalue weighted by Crippen LogP contribution is -2.42. The minimum atomic E-state index is 0.285. The van der Waals surface area contributed by atoms with Crippen LogP contribution in [0.4, 0.5) is 0 Å². The van der Waals surface area contributed by atoms with Gasteiger partial charge in [-0.3, -0.25) is 0 Å². The van der Waals surface area contributed by atoms with E-state index in [1.165, 1.54) is 24.3 Å². The van der Waals surface area contributed by atoms with Gasteiger partial charge in [0, 0.05) is 36.6 Å². The SMILES string of the molecule is CNCC1(Cc2nccs2)CCOC1C1CC1. The zero-order valence-electron chi connectivity index (χ0n) is 10.3. The van der Waals surface area contributed by atoms with Gasteiger partial charge in [-0.25, -0.2) is 4.98 Å². The van der Waals surface area contributed by atoms with Crippen molar-refractivity contribution in [3.8, 4) is 0 Å². The van der Waals surface area contributed by atoms with E-state index in [1.807, 2.05) is 13.2 Å². The van der Waals surface area contributed by atoms with E-state index in [0.717, 1.165) is 25.5 Å². The van der Waals surface area contributed by atoms with Crippen LogP contribution in [-0.2, 0) is 11.2 Å². The number of nitrogens with zero attached hydrogens (tertiary/aromatic N) is 1. The van der Waals surface area contributed by atoms with Crippen molar-refractivity contribution >= 4 is 11.3 Å². The number of rotatable bonds is 5. The molecule has 94 valence electrons. The molecule has 1 aromatic rings. The molecule has 1 aliphatic carbocycles. The molecule has 3 rings (SSSR count). The molecule has 0 amide bonds. The fourth-order valence-electron chi connectivity index (χ4n) is 3.18. The maximum atomic E-state index is 6.03. The van der Waals surface area contributed by atoms with Crippen LogP contribution < -0.4 is 5.32 Å². The Morgan fingerprint density at radius 2 is 2.47 bits per heavy atom. The number of aromatic nitrogens is 1. The van der Waals surface area contributed by atoms with Crippen LogP contribution in [0.15, 0.2) is 11.6 Å². The van der Waals surface area contributed by atoms with Crippen LogP contribution >= 0.6 is 11.3 Å². The highest BCUT2D eigenvalue weighted by Crippen LogP contribution is 2.49. The monoisotopic (exact) mass is 252 g/mol. The highest BCUT2D eigenvalue weighted by Gasteiger charge is 2.50. The molecule has 0 radical (unpaired) electrons. The van der Waals surface area contributed by atoms with Crippen molar-refractivity contribution in [1.82, 2.24) is 10.3 Å². The zero-order valence-corrected chi connectivity index (χ0v) is 11.1. The second-order valence-corrected chi connectivity index (χ2v) is 6.35. The van der Waals surface area contributed by atoms with Gasteiger partial charge in [0.1, 0.15) is 0 Å². The summed E-state index contributed by atoms with van der Waals surface area (Å²) in [6, 6.07) is 0. The standard InChI is InChI=1S/C13H20N2OS/c1-14-9-13(8-11-15-5-7-17-11)4-6-16-12(13)10-2-3-10/h5,7,10,12,14H,2-4,6,8-9H2,1H3. The van der Waals surface area contributed by atoms with Crippen molar-refractivity contribution in [1.29, 1.82) is 0 Å². The first-order valence-electron chi connectivity index (χ1n) is 6.49.